The first-order valence-corrected chi connectivity index (χ1v) is 8.28. The maximum absolute atomic E-state index is 14.1. The van der Waals surface area contributed by atoms with Gasteiger partial charge in [0.2, 0.25) is 17.4 Å². The van der Waals surface area contributed by atoms with Gasteiger partial charge < -0.3 is 14.7 Å². The first-order valence-electron chi connectivity index (χ1n) is 7.37. The van der Waals surface area contributed by atoms with Crippen LogP contribution in [0.1, 0.15) is 22.8 Å². The number of Topliss-reactive ketones (excluding diaryl/α,β-unsaturated/α-hetero) is 1. The molecule has 0 aliphatic carbocycles. The summed E-state index contributed by atoms with van der Waals surface area (Å²) in [5.74, 6) is -0.605. The van der Waals surface area contributed by atoms with E-state index in [1.54, 1.807) is 19.1 Å². The fourth-order valence-electron chi connectivity index (χ4n) is 2.45. The molecule has 3 rings (SSSR count). The number of aryl methyl sites for hydroxylation is 1. The molecule has 0 saturated heterocycles. The van der Waals surface area contributed by atoms with E-state index in [1.165, 1.54) is 6.07 Å². The van der Waals surface area contributed by atoms with Crippen LogP contribution < -0.4 is 5.73 Å². The Bertz CT molecular complexity index is 772. The number of ether oxygens (including phenoxy) is 1. The Morgan fingerprint density at radius 2 is 1.96 bits per heavy atom. The van der Waals surface area contributed by atoms with E-state index in [-0.39, 0.29) is 17.2 Å². The molecule has 0 bridgehead atoms. The first kappa shape index (κ1) is 16.4. The summed E-state index contributed by atoms with van der Waals surface area (Å²) in [5.41, 5.74) is 7.62. The Kier molecular flexibility index (Phi) is 4.76. The van der Waals surface area contributed by atoms with Crippen LogP contribution in [0.3, 0.4) is 0 Å². The molecule has 4 nitrogen and oxygen atoms in total. The molecule has 1 atom stereocenters. The summed E-state index contributed by atoms with van der Waals surface area (Å²) in [6.45, 7) is 1.72. The average molecular weight is 345 g/mol. The predicted octanol–water partition coefficient (Wildman–Crippen LogP) is 3.77. The summed E-state index contributed by atoms with van der Waals surface area (Å²) in [6, 6.07) is 14.3. The maximum atomic E-state index is 14.1. The minimum Gasteiger partial charge on any atom is -0.460 e. The molecule has 1 unspecified atom stereocenters. The largest absolute Gasteiger partial charge is 0.460 e. The van der Waals surface area contributed by atoms with Crippen LogP contribution in [0.5, 0.6) is 0 Å². The summed E-state index contributed by atoms with van der Waals surface area (Å²) in [4.78, 5) is 12.5. The molecule has 0 spiro atoms. The molecule has 124 valence electrons. The van der Waals surface area contributed by atoms with Crippen molar-refractivity contribution in [3.8, 4) is 0 Å². The number of nitrogens with two attached hydrogens (primary N) is 1. The normalized spacial score (nSPS) is 17.1. The van der Waals surface area contributed by atoms with Gasteiger partial charge in [-0.1, -0.05) is 42.5 Å². The van der Waals surface area contributed by atoms with Crippen molar-refractivity contribution in [2.24, 2.45) is 5.73 Å². The Morgan fingerprint density at radius 3 is 2.67 bits per heavy atom. The van der Waals surface area contributed by atoms with Crippen LogP contribution >= 0.6 is 12.0 Å². The van der Waals surface area contributed by atoms with Crippen LogP contribution in [0.2, 0.25) is 0 Å². The highest BCUT2D eigenvalue weighted by molar-refractivity contribution is 7.94. The van der Waals surface area contributed by atoms with Gasteiger partial charge in [0, 0.05) is 5.56 Å². The van der Waals surface area contributed by atoms with E-state index in [4.69, 9.17) is 14.7 Å². The lowest BCUT2D eigenvalue weighted by Crippen LogP contribution is -2.13. The Balaban J connectivity index is 1.69. The zero-order chi connectivity index (χ0) is 17.1. The molecule has 2 aromatic rings. The molecule has 1 heterocycles. The number of halogens is 1. The van der Waals surface area contributed by atoms with E-state index in [0.29, 0.717) is 11.3 Å². The number of ketones is 1. The summed E-state index contributed by atoms with van der Waals surface area (Å²) in [6.07, 6.45) is -1.10. The molecular formula is C18H16FNO3S. The smallest absolute Gasteiger partial charge is 0.249 e. The molecule has 24 heavy (non-hydrogen) atoms. The molecule has 0 radical (unpaired) electrons. The number of hydrogen-bond acceptors (Lipinski definition) is 5. The number of hydrogen-bond donors (Lipinski definition) is 1. The van der Waals surface area contributed by atoms with Gasteiger partial charge in [0.15, 0.2) is 6.10 Å². The minimum atomic E-state index is -1.10. The van der Waals surface area contributed by atoms with Crippen molar-refractivity contribution in [3.05, 3.63) is 82.7 Å². The van der Waals surface area contributed by atoms with E-state index >= 15 is 0 Å². The topological polar surface area (TPSA) is 61.6 Å². The van der Waals surface area contributed by atoms with Gasteiger partial charge in [-0.05, 0) is 24.1 Å². The second-order valence-corrected chi connectivity index (χ2v) is 6.05. The number of carbonyl (C=O) groups excluding carboxylic acids is 1. The molecular weight excluding hydrogens is 329 g/mol. The van der Waals surface area contributed by atoms with E-state index in [0.717, 1.165) is 17.6 Å². The second-order valence-electron chi connectivity index (χ2n) is 5.36. The monoisotopic (exact) mass is 345 g/mol. The third-order valence-corrected chi connectivity index (χ3v) is 4.41. The quantitative estimate of drug-likeness (QED) is 0.836. The summed E-state index contributed by atoms with van der Waals surface area (Å²) < 4.78 is 24.9. The van der Waals surface area contributed by atoms with Crippen LogP contribution in [0.4, 0.5) is 4.39 Å². The molecule has 0 amide bonds. The van der Waals surface area contributed by atoms with Crippen molar-refractivity contribution in [1.29, 1.82) is 0 Å². The van der Waals surface area contributed by atoms with Crippen molar-refractivity contribution in [2.75, 3.05) is 0 Å². The van der Waals surface area contributed by atoms with Gasteiger partial charge >= 0.3 is 0 Å². The Labute approximate surface area is 143 Å². The van der Waals surface area contributed by atoms with Crippen LogP contribution in [0.15, 0.2) is 60.2 Å². The van der Waals surface area contributed by atoms with Crippen LogP contribution in [0.25, 0.3) is 0 Å². The molecule has 6 heteroatoms. The zero-order valence-corrected chi connectivity index (χ0v) is 13.8. The fraction of sp³-hybridized carbons (Fsp3) is 0.167. The van der Waals surface area contributed by atoms with Crippen molar-refractivity contribution >= 4 is 17.8 Å². The fourth-order valence-corrected chi connectivity index (χ4v) is 3.12. The SMILES string of the molecule is Cc1cccc(F)c1C1OC(N)=C(OSCc2ccccc2)C1=O. The summed E-state index contributed by atoms with van der Waals surface area (Å²) in [7, 11) is 0. The molecule has 0 aromatic heterocycles. The van der Waals surface area contributed by atoms with Gasteiger partial charge in [-0.2, -0.15) is 0 Å². The lowest BCUT2D eigenvalue weighted by Gasteiger charge is -2.13. The number of rotatable bonds is 5. The van der Waals surface area contributed by atoms with E-state index in [1.807, 2.05) is 30.3 Å². The number of benzene rings is 2. The molecule has 2 N–H and O–H groups in total. The van der Waals surface area contributed by atoms with Gasteiger partial charge in [0.1, 0.15) is 5.82 Å². The summed E-state index contributed by atoms with van der Waals surface area (Å²) in [5, 5.41) is 0. The van der Waals surface area contributed by atoms with E-state index < -0.39 is 17.7 Å². The summed E-state index contributed by atoms with van der Waals surface area (Å²) >= 11 is 1.08. The third kappa shape index (κ3) is 3.23. The van der Waals surface area contributed by atoms with Crippen molar-refractivity contribution in [3.63, 3.8) is 0 Å². The zero-order valence-electron chi connectivity index (χ0n) is 13.0. The van der Waals surface area contributed by atoms with Gasteiger partial charge in [-0.15, -0.1) is 0 Å². The second kappa shape index (κ2) is 6.97. The van der Waals surface area contributed by atoms with Crippen molar-refractivity contribution in [1.82, 2.24) is 0 Å². The lowest BCUT2D eigenvalue weighted by atomic mass is 10.00. The molecule has 2 aromatic carbocycles. The van der Waals surface area contributed by atoms with Gasteiger partial charge in [0.25, 0.3) is 0 Å². The van der Waals surface area contributed by atoms with E-state index in [9.17, 15) is 9.18 Å². The average Bonchev–Trinajstić information content (AvgIpc) is 2.84. The van der Waals surface area contributed by atoms with Gasteiger partial charge in [0.05, 0.1) is 17.8 Å². The highest BCUT2D eigenvalue weighted by Crippen LogP contribution is 2.36. The van der Waals surface area contributed by atoms with Gasteiger partial charge in [-0.25, -0.2) is 4.39 Å². The lowest BCUT2D eigenvalue weighted by molar-refractivity contribution is -0.123. The van der Waals surface area contributed by atoms with Crippen LogP contribution in [-0.4, -0.2) is 5.78 Å². The highest BCUT2D eigenvalue weighted by Gasteiger charge is 2.39. The molecule has 0 saturated carbocycles. The highest BCUT2D eigenvalue weighted by atomic mass is 32.2. The number of carbonyl (C=O) groups is 1. The maximum Gasteiger partial charge on any atom is 0.249 e. The standard InChI is InChI=1S/C18H16FNO3S/c1-11-6-5-9-13(19)14(11)16-15(21)17(18(20)22-16)23-24-10-12-7-3-2-4-8-12/h2-9,16H,10,20H2,1H3. The van der Waals surface area contributed by atoms with Gasteiger partial charge in [-0.3, -0.25) is 4.79 Å². The third-order valence-electron chi connectivity index (χ3n) is 3.67. The minimum absolute atomic E-state index is 0.0661. The van der Waals surface area contributed by atoms with Crippen LogP contribution in [0, 0.1) is 12.7 Å². The van der Waals surface area contributed by atoms with E-state index in [2.05, 4.69) is 0 Å². The Hall–Kier alpha value is -2.47. The first-order chi connectivity index (χ1) is 11.6. The molecule has 1 aliphatic heterocycles. The Morgan fingerprint density at radius 1 is 1.21 bits per heavy atom. The molecule has 1 aliphatic rings. The predicted molar refractivity (Wildman–Crippen MR) is 90.0 cm³/mol. The van der Waals surface area contributed by atoms with Crippen molar-refractivity contribution < 1.29 is 18.1 Å². The van der Waals surface area contributed by atoms with Crippen molar-refractivity contribution in [2.45, 2.75) is 18.8 Å². The van der Waals surface area contributed by atoms with Crippen LogP contribution in [-0.2, 0) is 19.5 Å². The molecule has 0 fully saturated rings.